The highest BCUT2D eigenvalue weighted by Gasteiger charge is 2.20. The van der Waals surface area contributed by atoms with Gasteiger partial charge < -0.3 is 9.47 Å². The minimum Gasteiger partial charge on any atom is -0.497 e. The van der Waals surface area contributed by atoms with E-state index in [4.69, 9.17) is 15.3 Å². The summed E-state index contributed by atoms with van der Waals surface area (Å²) in [5.41, 5.74) is 4.90. The van der Waals surface area contributed by atoms with Gasteiger partial charge in [-0.1, -0.05) is 15.9 Å². The van der Waals surface area contributed by atoms with Crippen molar-refractivity contribution in [3.63, 3.8) is 0 Å². The van der Waals surface area contributed by atoms with Gasteiger partial charge in [-0.05, 0) is 58.5 Å². The molecule has 0 aliphatic carbocycles. The number of benzene rings is 2. The van der Waals surface area contributed by atoms with Crippen molar-refractivity contribution in [3.8, 4) is 11.5 Å². The highest BCUT2D eigenvalue weighted by atomic mass is 127. The van der Waals surface area contributed by atoms with Gasteiger partial charge in [0.1, 0.15) is 11.5 Å². The zero-order valence-corrected chi connectivity index (χ0v) is 15.4. The molecule has 0 aromatic heterocycles. The van der Waals surface area contributed by atoms with Crippen molar-refractivity contribution in [2.24, 2.45) is 5.84 Å². The average Bonchev–Trinajstić information content (AvgIpc) is 2.51. The molecule has 0 radical (unpaired) electrons. The molecule has 0 aliphatic heterocycles. The SMILES string of the molecule is COc1ccc(C(NN)c2cc(Br)ccc2I)c(OC)c1. The van der Waals surface area contributed by atoms with Gasteiger partial charge >= 0.3 is 0 Å². The zero-order valence-electron chi connectivity index (χ0n) is 11.7. The Bertz CT molecular complexity index is 637. The largest absolute Gasteiger partial charge is 0.497 e. The van der Waals surface area contributed by atoms with E-state index in [0.717, 1.165) is 30.7 Å². The van der Waals surface area contributed by atoms with Crippen molar-refractivity contribution in [3.05, 3.63) is 55.6 Å². The molecule has 0 heterocycles. The second-order valence-corrected chi connectivity index (χ2v) is 6.45. The molecule has 21 heavy (non-hydrogen) atoms. The minimum absolute atomic E-state index is 0.171. The summed E-state index contributed by atoms with van der Waals surface area (Å²) in [6, 6.07) is 11.6. The second-order valence-electron chi connectivity index (χ2n) is 4.37. The van der Waals surface area contributed by atoms with Gasteiger partial charge in [-0.3, -0.25) is 5.84 Å². The summed E-state index contributed by atoms with van der Waals surface area (Å²) in [5, 5.41) is 0. The third kappa shape index (κ3) is 3.68. The summed E-state index contributed by atoms with van der Waals surface area (Å²) in [5.74, 6) is 7.27. The Balaban J connectivity index is 2.53. The Morgan fingerprint density at radius 3 is 2.48 bits per heavy atom. The molecule has 0 aliphatic rings. The third-order valence-corrected chi connectivity index (χ3v) is 4.66. The monoisotopic (exact) mass is 462 g/mol. The lowest BCUT2D eigenvalue weighted by atomic mass is 9.98. The van der Waals surface area contributed by atoms with E-state index < -0.39 is 0 Å². The minimum atomic E-state index is -0.171. The summed E-state index contributed by atoms with van der Waals surface area (Å²) in [6.07, 6.45) is 0. The van der Waals surface area contributed by atoms with Gasteiger partial charge in [0.15, 0.2) is 0 Å². The fraction of sp³-hybridized carbons (Fsp3) is 0.200. The molecule has 1 atom stereocenters. The van der Waals surface area contributed by atoms with Crippen LogP contribution < -0.4 is 20.7 Å². The van der Waals surface area contributed by atoms with Crippen molar-refractivity contribution in [1.29, 1.82) is 0 Å². The molecular weight excluding hydrogens is 447 g/mol. The zero-order chi connectivity index (χ0) is 15.4. The molecule has 0 bridgehead atoms. The van der Waals surface area contributed by atoms with E-state index in [0.29, 0.717) is 0 Å². The molecule has 1 unspecified atom stereocenters. The van der Waals surface area contributed by atoms with Crippen molar-refractivity contribution < 1.29 is 9.47 Å². The lowest BCUT2D eigenvalue weighted by Gasteiger charge is -2.21. The number of hydrazine groups is 1. The Hall–Kier alpha value is -0.830. The van der Waals surface area contributed by atoms with E-state index in [1.54, 1.807) is 14.2 Å². The fourth-order valence-corrected chi connectivity index (χ4v) is 3.17. The lowest BCUT2D eigenvalue weighted by Crippen LogP contribution is -2.29. The highest BCUT2D eigenvalue weighted by Crippen LogP contribution is 2.35. The number of methoxy groups -OCH3 is 2. The Morgan fingerprint density at radius 2 is 1.86 bits per heavy atom. The van der Waals surface area contributed by atoms with Gasteiger partial charge in [0, 0.05) is 19.7 Å². The quantitative estimate of drug-likeness (QED) is 0.404. The molecule has 4 nitrogen and oxygen atoms in total. The van der Waals surface area contributed by atoms with Crippen LogP contribution in [0.3, 0.4) is 0 Å². The average molecular weight is 463 g/mol. The van der Waals surface area contributed by atoms with E-state index >= 15 is 0 Å². The van der Waals surface area contributed by atoms with E-state index in [-0.39, 0.29) is 6.04 Å². The van der Waals surface area contributed by atoms with Crippen molar-refractivity contribution >= 4 is 38.5 Å². The fourth-order valence-electron chi connectivity index (χ4n) is 2.14. The second kappa shape index (κ2) is 7.44. The summed E-state index contributed by atoms with van der Waals surface area (Å²) in [4.78, 5) is 0. The number of nitrogens with two attached hydrogens (primary N) is 1. The lowest BCUT2D eigenvalue weighted by molar-refractivity contribution is 0.387. The first-order chi connectivity index (χ1) is 10.1. The first-order valence-electron chi connectivity index (χ1n) is 6.23. The molecule has 0 amide bonds. The maximum absolute atomic E-state index is 5.79. The van der Waals surface area contributed by atoms with Crippen LogP contribution in [-0.2, 0) is 0 Å². The molecule has 2 aromatic carbocycles. The molecule has 0 fully saturated rings. The Kier molecular flexibility index (Phi) is 5.86. The number of ether oxygens (including phenoxy) is 2. The highest BCUT2D eigenvalue weighted by molar-refractivity contribution is 14.1. The molecule has 112 valence electrons. The van der Waals surface area contributed by atoms with Crippen molar-refractivity contribution in [2.75, 3.05) is 14.2 Å². The van der Waals surface area contributed by atoms with Crippen LogP contribution in [0.1, 0.15) is 17.2 Å². The topological polar surface area (TPSA) is 56.5 Å². The van der Waals surface area contributed by atoms with E-state index in [1.807, 2.05) is 30.3 Å². The molecule has 0 spiro atoms. The first-order valence-corrected chi connectivity index (χ1v) is 8.11. The molecule has 6 heteroatoms. The van der Waals surface area contributed by atoms with Crippen LogP contribution in [0.4, 0.5) is 0 Å². The van der Waals surface area contributed by atoms with Crippen LogP contribution in [0, 0.1) is 3.57 Å². The van der Waals surface area contributed by atoms with Crippen LogP contribution in [0.25, 0.3) is 0 Å². The summed E-state index contributed by atoms with van der Waals surface area (Å²) >= 11 is 5.80. The van der Waals surface area contributed by atoms with Crippen molar-refractivity contribution in [1.82, 2.24) is 5.43 Å². The molecule has 3 N–H and O–H groups in total. The Labute approximate surface area is 146 Å². The number of halogens is 2. The molecular formula is C15H16BrIN2O2. The van der Waals surface area contributed by atoms with Gasteiger partial charge in [0.2, 0.25) is 0 Å². The van der Waals surface area contributed by atoms with Gasteiger partial charge in [-0.2, -0.15) is 0 Å². The van der Waals surface area contributed by atoms with Crippen molar-refractivity contribution in [2.45, 2.75) is 6.04 Å². The molecule has 0 saturated heterocycles. The van der Waals surface area contributed by atoms with Crippen LogP contribution in [0.5, 0.6) is 11.5 Å². The standard InChI is InChI=1S/C15H16BrIN2O2/c1-20-10-4-5-11(14(8-10)21-2)15(19-18)12-7-9(16)3-6-13(12)17/h3-8,15,19H,18H2,1-2H3. The van der Waals surface area contributed by atoms with E-state index in [9.17, 15) is 0 Å². The van der Waals surface area contributed by atoms with Crippen LogP contribution in [-0.4, -0.2) is 14.2 Å². The molecule has 2 aromatic rings. The predicted octanol–water partition coefficient (Wildman–Crippen LogP) is 3.62. The van der Waals surface area contributed by atoms with E-state index in [1.165, 1.54) is 0 Å². The Morgan fingerprint density at radius 1 is 1.10 bits per heavy atom. The van der Waals surface area contributed by atoms with Crippen LogP contribution in [0.15, 0.2) is 40.9 Å². The van der Waals surface area contributed by atoms with Crippen LogP contribution >= 0.6 is 38.5 Å². The number of nitrogens with one attached hydrogen (secondary N) is 1. The van der Waals surface area contributed by atoms with Crippen LogP contribution in [0.2, 0.25) is 0 Å². The summed E-state index contributed by atoms with van der Waals surface area (Å²) < 4.78 is 12.8. The van der Waals surface area contributed by atoms with E-state index in [2.05, 4.69) is 50.0 Å². The number of hydrogen-bond acceptors (Lipinski definition) is 4. The van der Waals surface area contributed by atoms with Gasteiger partial charge in [-0.25, -0.2) is 5.43 Å². The number of rotatable bonds is 5. The number of hydrogen-bond donors (Lipinski definition) is 2. The molecule has 0 saturated carbocycles. The molecule has 2 rings (SSSR count). The smallest absolute Gasteiger partial charge is 0.127 e. The van der Waals surface area contributed by atoms with Gasteiger partial charge in [-0.15, -0.1) is 0 Å². The predicted molar refractivity (Wildman–Crippen MR) is 95.6 cm³/mol. The normalized spacial score (nSPS) is 12.0. The maximum Gasteiger partial charge on any atom is 0.127 e. The third-order valence-electron chi connectivity index (χ3n) is 3.19. The maximum atomic E-state index is 5.79. The summed E-state index contributed by atoms with van der Waals surface area (Å²) in [7, 11) is 3.27. The van der Waals surface area contributed by atoms with Gasteiger partial charge in [0.25, 0.3) is 0 Å². The first kappa shape index (κ1) is 16.5. The summed E-state index contributed by atoms with van der Waals surface area (Å²) in [6.45, 7) is 0. The van der Waals surface area contributed by atoms with Gasteiger partial charge in [0.05, 0.1) is 20.3 Å².